The molecule has 0 bridgehead atoms. The van der Waals surface area contributed by atoms with Crippen LogP contribution in [-0.4, -0.2) is 16.7 Å². The summed E-state index contributed by atoms with van der Waals surface area (Å²) in [6, 6.07) is 9.74. The van der Waals surface area contributed by atoms with Crippen LogP contribution in [0, 0.1) is 11.6 Å². The van der Waals surface area contributed by atoms with E-state index in [0.717, 1.165) is 11.6 Å². The lowest BCUT2D eigenvalue weighted by Gasteiger charge is -2.09. The number of halogens is 2. The van der Waals surface area contributed by atoms with Crippen molar-refractivity contribution in [2.75, 3.05) is 12.8 Å². The highest BCUT2D eigenvalue weighted by molar-refractivity contribution is 5.79. The zero-order valence-corrected chi connectivity index (χ0v) is 11.3. The van der Waals surface area contributed by atoms with Crippen LogP contribution in [0.2, 0.25) is 0 Å². The third-order valence-corrected chi connectivity index (χ3v) is 3.30. The van der Waals surface area contributed by atoms with E-state index in [1.165, 1.54) is 10.6 Å². The lowest BCUT2D eigenvalue weighted by atomic mass is 10.2. The summed E-state index contributed by atoms with van der Waals surface area (Å²) in [5, 5.41) is 0. The number of hydrogen-bond donors (Lipinski definition) is 1. The van der Waals surface area contributed by atoms with Gasteiger partial charge in [-0.25, -0.2) is 13.8 Å². The molecule has 2 aromatic carbocycles. The molecular weight excluding hydrogens is 276 g/mol. The fourth-order valence-electron chi connectivity index (χ4n) is 2.29. The van der Waals surface area contributed by atoms with Crippen molar-refractivity contribution in [3.05, 3.63) is 53.6 Å². The summed E-state index contributed by atoms with van der Waals surface area (Å²) in [6.07, 6.45) is 0. The summed E-state index contributed by atoms with van der Waals surface area (Å²) in [5.74, 6) is -1.05. The molecular formula is C15H13F2N3O. The number of ether oxygens (including phenoxy) is 1. The highest BCUT2D eigenvalue weighted by Gasteiger charge is 2.16. The van der Waals surface area contributed by atoms with Crippen molar-refractivity contribution in [1.82, 2.24) is 9.55 Å². The number of benzene rings is 2. The molecule has 0 saturated heterocycles. The van der Waals surface area contributed by atoms with Gasteiger partial charge in [0.05, 0.1) is 19.2 Å². The minimum atomic E-state index is -0.945. The number of methoxy groups -OCH3 is 1. The molecule has 0 radical (unpaired) electrons. The van der Waals surface area contributed by atoms with Crippen LogP contribution in [0.5, 0.6) is 5.75 Å². The Balaban J connectivity index is 2.11. The highest BCUT2D eigenvalue weighted by Crippen LogP contribution is 2.24. The minimum Gasteiger partial charge on any atom is -0.497 e. The zero-order valence-electron chi connectivity index (χ0n) is 11.3. The first-order valence-corrected chi connectivity index (χ1v) is 6.33. The van der Waals surface area contributed by atoms with E-state index < -0.39 is 11.6 Å². The van der Waals surface area contributed by atoms with E-state index in [1.54, 1.807) is 13.2 Å². The molecule has 1 heterocycles. The number of aromatic nitrogens is 2. The largest absolute Gasteiger partial charge is 0.497 e. The van der Waals surface area contributed by atoms with Crippen LogP contribution in [0.1, 0.15) is 5.56 Å². The fourth-order valence-corrected chi connectivity index (χ4v) is 2.29. The van der Waals surface area contributed by atoms with E-state index >= 15 is 0 Å². The Morgan fingerprint density at radius 1 is 1.24 bits per heavy atom. The second-order valence-electron chi connectivity index (χ2n) is 4.64. The van der Waals surface area contributed by atoms with Crippen LogP contribution in [0.25, 0.3) is 11.0 Å². The van der Waals surface area contributed by atoms with Crippen molar-refractivity contribution in [2.45, 2.75) is 6.54 Å². The Morgan fingerprint density at radius 3 is 2.81 bits per heavy atom. The van der Waals surface area contributed by atoms with Crippen molar-refractivity contribution in [3.8, 4) is 5.75 Å². The average molecular weight is 289 g/mol. The predicted molar refractivity (Wildman–Crippen MR) is 76.2 cm³/mol. The van der Waals surface area contributed by atoms with Crippen molar-refractivity contribution >= 4 is 17.0 Å². The molecule has 4 nitrogen and oxygen atoms in total. The summed E-state index contributed by atoms with van der Waals surface area (Å²) in [6.45, 7) is 0.278. The first-order valence-electron chi connectivity index (χ1n) is 6.33. The Labute approximate surface area is 119 Å². The van der Waals surface area contributed by atoms with Crippen molar-refractivity contribution < 1.29 is 13.5 Å². The van der Waals surface area contributed by atoms with E-state index in [0.29, 0.717) is 11.3 Å². The standard InChI is InChI=1S/C15H13F2N3O/c1-21-10-4-2-3-9(7-10)8-20-14-12(19-15(20)18)6-5-11(16)13(14)17/h2-7H,8H2,1H3,(H2,18,19). The van der Waals surface area contributed by atoms with Crippen LogP contribution in [0.4, 0.5) is 14.7 Å². The van der Waals surface area contributed by atoms with Gasteiger partial charge < -0.3 is 15.0 Å². The first kappa shape index (κ1) is 13.4. The summed E-state index contributed by atoms with van der Waals surface area (Å²) in [7, 11) is 1.56. The first-order chi connectivity index (χ1) is 10.1. The number of fused-ring (bicyclic) bond motifs is 1. The predicted octanol–water partition coefficient (Wildman–Crippen LogP) is 2.95. The van der Waals surface area contributed by atoms with Crippen LogP contribution in [-0.2, 0) is 6.54 Å². The Hall–Kier alpha value is -2.63. The number of hydrogen-bond acceptors (Lipinski definition) is 3. The minimum absolute atomic E-state index is 0.0651. The van der Waals surface area contributed by atoms with Crippen molar-refractivity contribution in [2.24, 2.45) is 0 Å². The molecule has 0 saturated carbocycles. The quantitative estimate of drug-likeness (QED) is 0.806. The molecule has 2 N–H and O–H groups in total. The second-order valence-corrected chi connectivity index (χ2v) is 4.64. The van der Waals surface area contributed by atoms with Crippen LogP contribution < -0.4 is 10.5 Å². The number of nitrogen functional groups attached to an aromatic ring is 1. The van der Waals surface area contributed by atoms with Gasteiger partial charge >= 0.3 is 0 Å². The normalized spacial score (nSPS) is 11.0. The topological polar surface area (TPSA) is 53.1 Å². The number of nitrogens with two attached hydrogens (primary N) is 1. The lowest BCUT2D eigenvalue weighted by molar-refractivity contribution is 0.414. The van der Waals surface area contributed by atoms with Crippen LogP contribution in [0.3, 0.4) is 0 Å². The average Bonchev–Trinajstić information content (AvgIpc) is 2.80. The van der Waals surface area contributed by atoms with E-state index in [4.69, 9.17) is 10.5 Å². The van der Waals surface area contributed by atoms with Gasteiger partial charge in [-0.2, -0.15) is 0 Å². The van der Waals surface area contributed by atoms with E-state index in [1.807, 2.05) is 18.2 Å². The van der Waals surface area contributed by atoms with E-state index in [2.05, 4.69) is 4.98 Å². The Morgan fingerprint density at radius 2 is 2.05 bits per heavy atom. The molecule has 0 atom stereocenters. The third kappa shape index (κ3) is 2.29. The molecule has 3 aromatic rings. The van der Waals surface area contributed by atoms with E-state index in [-0.39, 0.29) is 18.0 Å². The second kappa shape index (κ2) is 5.05. The Bertz CT molecular complexity index is 814. The van der Waals surface area contributed by atoms with Crippen molar-refractivity contribution in [3.63, 3.8) is 0 Å². The molecule has 0 aliphatic heterocycles. The summed E-state index contributed by atoms with van der Waals surface area (Å²) < 4.78 is 34.0. The number of anilines is 1. The molecule has 0 unspecified atom stereocenters. The maximum Gasteiger partial charge on any atom is 0.201 e. The fraction of sp³-hybridized carbons (Fsp3) is 0.133. The smallest absolute Gasteiger partial charge is 0.201 e. The SMILES string of the molecule is COc1cccc(Cn2c(N)nc3ccc(F)c(F)c32)c1. The van der Waals surface area contributed by atoms with Gasteiger partial charge in [-0.15, -0.1) is 0 Å². The number of nitrogens with zero attached hydrogens (tertiary/aromatic N) is 2. The molecule has 1 aromatic heterocycles. The van der Waals surface area contributed by atoms with Crippen molar-refractivity contribution in [1.29, 1.82) is 0 Å². The number of rotatable bonds is 3. The molecule has 21 heavy (non-hydrogen) atoms. The molecule has 3 rings (SSSR count). The lowest BCUT2D eigenvalue weighted by Crippen LogP contribution is -2.06. The Kier molecular flexibility index (Phi) is 3.21. The molecule has 6 heteroatoms. The summed E-state index contributed by atoms with van der Waals surface area (Å²) >= 11 is 0. The summed E-state index contributed by atoms with van der Waals surface area (Å²) in [5.41, 5.74) is 7.07. The molecule has 0 aliphatic carbocycles. The van der Waals surface area contributed by atoms with Gasteiger partial charge in [-0.1, -0.05) is 12.1 Å². The van der Waals surface area contributed by atoms with Gasteiger partial charge in [0.1, 0.15) is 11.3 Å². The molecule has 108 valence electrons. The van der Waals surface area contributed by atoms with Gasteiger partial charge in [-0.05, 0) is 29.8 Å². The zero-order chi connectivity index (χ0) is 15.0. The van der Waals surface area contributed by atoms with Gasteiger partial charge in [0, 0.05) is 0 Å². The van der Waals surface area contributed by atoms with E-state index in [9.17, 15) is 8.78 Å². The third-order valence-electron chi connectivity index (χ3n) is 3.30. The van der Waals surface area contributed by atoms with Gasteiger partial charge in [-0.3, -0.25) is 0 Å². The number of imidazole rings is 1. The summed E-state index contributed by atoms with van der Waals surface area (Å²) in [4.78, 5) is 4.06. The molecule has 0 spiro atoms. The van der Waals surface area contributed by atoms with Crippen LogP contribution in [0.15, 0.2) is 36.4 Å². The van der Waals surface area contributed by atoms with Crippen LogP contribution >= 0.6 is 0 Å². The maximum atomic E-state index is 14.0. The monoisotopic (exact) mass is 289 g/mol. The molecule has 0 aliphatic rings. The van der Waals surface area contributed by atoms with Gasteiger partial charge in [0.2, 0.25) is 5.95 Å². The molecule has 0 amide bonds. The molecule has 0 fully saturated rings. The maximum absolute atomic E-state index is 14.0. The van der Waals surface area contributed by atoms with Gasteiger partial charge in [0.25, 0.3) is 0 Å². The highest BCUT2D eigenvalue weighted by atomic mass is 19.2. The van der Waals surface area contributed by atoms with Gasteiger partial charge in [0.15, 0.2) is 11.6 Å².